The quantitative estimate of drug-likeness (QED) is 0.578. The van der Waals surface area contributed by atoms with E-state index in [9.17, 15) is 9.18 Å². The molecule has 0 N–H and O–H groups in total. The van der Waals surface area contributed by atoms with E-state index in [-0.39, 0.29) is 5.56 Å². The summed E-state index contributed by atoms with van der Waals surface area (Å²) in [7, 11) is 0. The maximum atomic E-state index is 13.2. The van der Waals surface area contributed by atoms with Gasteiger partial charge in [0, 0.05) is 0 Å². The predicted octanol–water partition coefficient (Wildman–Crippen LogP) is 2.78. The molecule has 0 heterocycles. The molecule has 0 aliphatic rings. The number of esters is 1. The van der Waals surface area contributed by atoms with Gasteiger partial charge >= 0.3 is 5.97 Å². The maximum Gasteiger partial charge on any atom is 0.342 e. The van der Waals surface area contributed by atoms with Crippen molar-refractivity contribution >= 4 is 5.97 Å². The van der Waals surface area contributed by atoms with E-state index >= 15 is 0 Å². The first-order valence-electron chi connectivity index (χ1n) is 5.06. The molecule has 2 nitrogen and oxygen atoms in total. The number of carbonyl (C=O) groups excluding carboxylic acids is 1. The first-order valence-corrected chi connectivity index (χ1v) is 5.06. The van der Waals surface area contributed by atoms with Crippen LogP contribution in [-0.4, -0.2) is 12.1 Å². The summed E-state index contributed by atoms with van der Waals surface area (Å²) in [5, 5.41) is 0. The van der Waals surface area contributed by atoms with Gasteiger partial charge in [-0.05, 0) is 25.5 Å². The third-order valence-electron chi connectivity index (χ3n) is 2.02. The zero-order chi connectivity index (χ0) is 12.0. The van der Waals surface area contributed by atoms with Gasteiger partial charge in [0.2, 0.25) is 0 Å². The molecular weight excluding hydrogens is 207 g/mol. The van der Waals surface area contributed by atoms with Crippen molar-refractivity contribution in [3.8, 4) is 11.8 Å². The molecule has 84 valence electrons. The third-order valence-corrected chi connectivity index (χ3v) is 2.02. The van der Waals surface area contributed by atoms with Gasteiger partial charge in [0.1, 0.15) is 5.82 Å². The van der Waals surface area contributed by atoms with Crippen LogP contribution in [0.3, 0.4) is 0 Å². The lowest BCUT2D eigenvalue weighted by molar-refractivity contribution is 0.0399. The molecule has 0 bridgehead atoms. The first kappa shape index (κ1) is 12.3. The molecule has 0 aliphatic heterocycles. The van der Waals surface area contributed by atoms with Crippen molar-refractivity contribution in [2.45, 2.75) is 26.4 Å². The Hall–Kier alpha value is -1.82. The molecule has 3 heteroatoms. The van der Waals surface area contributed by atoms with E-state index < -0.39 is 17.9 Å². The van der Waals surface area contributed by atoms with Gasteiger partial charge < -0.3 is 4.74 Å². The summed E-state index contributed by atoms with van der Waals surface area (Å²) in [5.74, 6) is 4.16. The molecule has 1 unspecified atom stereocenters. The minimum atomic E-state index is -0.673. The Morgan fingerprint density at radius 2 is 2.19 bits per heavy atom. The molecule has 0 saturated carbocycles. The van der Waals surface area contributed by atoms with Gasteiger partial charge in [-0.3, -0.25) is 0 Å². The Kier molecular flexibility index (Phi) is 4.53. The molecule has 1 aromatic rings. The molecular formula is C13H13FO2. The summed E-state index contributed by atoms with van der Waals surface area (Å²) in [6.07, 6.45) is 0.109. The van der Waals surface area contributed by atoms with Crippen LogP contribution in [0.15, 0.2) is 24.3 Å². The van der Waals surface area contributed by atoms with Crippen LogP contribution in [-0.2, 0) is 4.74 Å². The number of benzene rings is 1. The van der Waals surface area contributed by atoms with Crippen molar-refractivity contribution in [3.63, 3.8) is 0 Å². The standard InChI is InChI=1S/C13H13FO2/c1-3-7-10(4-2)16-13(15)11-8-5-6-9-12(11)14/h5-6,8-10H,4H2,1-2H3. The molecule has 0 aromatic heterocycles. The van der Waals surface area contributed by atoms with Crippen LogP contribution < -0.4 is 0 Å². The number of hydrogen-bond acceptors (Lipinski definition) is 2. The summed E-state index contributed by atoms with van der Waals surface area (Å²) in [5.41, 5.74) is -0.0566. The van der Waals surface area contributed by atoms with E-state index in [0.29, 0.717) is 6.42 Å². The van der Waals surface area contributed by atoms with Crippen molar-refractivity contribution in [2.24, 2.45) is 0 Å². The molecule has 0 amide bonds. The largest absolute Gasteiger partial charge is 0.446 e. The van der Waals surface area contributed by atoms with Crippen LogP contribution in [0.5, 0.6) is 0 Å². The predicted molar refractivity (Wildman–Crippen MR) is 59.3 cm³/mol. The van der Waals surface area contributed by atoms with Gasteiger partial charge in [-0.1, -0.05) is 25.0 Å². The van der Waals surface area contributed by atoms with Crippen molar-refractivity contribution < 1.29 is 13.9 Å². The maximum absolute atomic E-state index is 13.2. The van der Waals surface area contributed by atoms with E-state index in [1.165, 1.54) is 18.2 Å². The lowest BCUT2D eigenvalue weighted by atomic mass is 10.2. The fourth-order valence-corrected chi connectivity index (χ4v) is 1.20. The van der Waals surface area contributed by atoms with Crippen molar-refractivity contribution in [1.29, 1.82) is 0 Å². The van der Waals surface area contributed by atoms with Crippen molar-refractivity contribution in [3.05, 3.63) is 35.6 Å². The Morgan fingerprint density at radius 3 is 2.75 bits per heavy atom. The van der Waals surface area contributed by atoms with Crippen LogP contribution in [0.2, 0.25) is 0 Å². The Bertz CT molecular complexity index is 429. The molecule has 0 radical (unpaired) electrons. The Labute approximate surface area is 94.4 Å². The van der Waals surface area contributed by atoms with Crippen LogP contribution >= 0.6 is 0 Å². The minimum absolute atomic E-state index is 0.0566. The summed E-state index contributed by atoms with van der Waals surface area (Å²) >= 11 is 0. The van der Waals surface area contributed by atoms with E-state index in [2.05, 4.69) is 11.8 Å². The average molecular weight is 220 g/mol. The molecule has 0 spiro atoms. The zero-order valence-electron chi connectivity index (χ0n) is 9.29. The molecule has 0 fully saturated rings. The highest BCUT2D eigenvalue weighted by molar-refractivity contribution is 5.89. The van der Waals surface area contributed by atoms with Gasteiger partial charge in [0.15, 0.2) is 6.10 Å². The number of hydrogen-bond donors (Lipinski definition) is 0. The van der Waals surface area contributed by atoms with Gasteiger partial charge in [0.25, 0.3) is 0 Å². The third kappa shape index (κ3) is 3.09. The topological polar surface area (TPSA) is 26.3 Å². The van der Waals surface area contributed by atoms with Crippen molar-refractivity contribution in [2.75, 3.05) is 0 Å². The van der Waals surface area contributed by atoms with Gasteiger partial charge in [-0.25, -0.2) is 9.18 Å². The zero-order valence-corrected chi connectivity index (χ0v) is 9.29. The number of ether oxygens (including phenoxy) is 1. The molecule has 0 aliphatic carbocycles. The van der Waals surface area contributed by atoms with E-state index in [1.54, 1.807) is 13.0 Å². The van der Waals surface area contributed by atoms with Gasteiger partial charge in [-0.15, -0.1) is 5.92 Å². The lowest BCUT2D eigenvalue weighted by Gasteiger charge is -2.10. The van der Waals surface area contributed by atoms with Crippen LogP contribution in [0.4, 0.5) is 4.39 Å². The number of carbonyl (C=O) groups is 1. The second kappa shape index (κ2) is 5.92. The summed E-state index contributed by atoms with van der Waals surface area (Å²) < 4.78 is 18.3. The normalized spacial score (nSPS) is 11.2. The number of halogens is 1. The monoisotopic (exact) mass is 220 g/mol. The van der Waals surface area contributed by atoms with Crippen LogP contribution in [0, 0.1) is 17.7 Å². The fourth-order valence-electron chi connectivity index (χ4n) is 1.20. The average Bonchev–Trinajstić information content (AvgIpc) is 2.28. The molecule has 1 rings (SSSR count). The molecule has 16 heavy (non-hydrogen) atoms. The van der Waals surface area contributed by atoms with Gasteiger partial charge in [0.05, 0.1) is 5.56 Å². The SMILES string of the molecule is CC#CC(CC)OC(=O)c1ccccc1F. The lowest BCUT2D eigenvalue weighted by Crippen LogP contribution is -2.16. The van der Waals surface area contributed by atoms with E-state index in [1.807, 2.05) is 6.92 Å². The minimum Gasteiger partial charge on any atom is -0.446 e. The molecule has 1 aromatic carbocycles. The fraction of sp³-hybridized carbons (Fsp3) is 0.308. The Morgan fingerprint density at radius 1 is 1.50 bits per heavy atom. The van der Waals surface area contributed by atoms with Gasteiger partial charge in [-0.2, -0.15) is 0 Å². The highest BCUT2D eigenvalue weighted by Gasteiger charge is 2.15. The second-order valence-corrected chi connectivity index (χ2v) is 3.18. The molecule has 0 saturated heterocycles. The van der Waals surface area contributed by atoms with Crippen molar-refractivity contribution in [1.82, 2.24) is 0 Å². The highest BCUT2D eigenvalue weighted by Crippen LogP contribution is 2.10. The summed E-state index contributed by atoms with van der Waals surface area (Å²) in [6.45, 7) is 3.52. The van der Waals surface area contributed by atoms with E-state index in [0.717, 1.165) is 0 Å². The summed E-state index contributed by atoms with van der Waals surface area (Å²) in [4.78, 5) is 11.6. The summed E-state index contributed by atoms with van der Waals surface area (Å²) in [6, 6.07) is 5.73. The Balaban J connectivity index is 2.78. The van der Waals surface area contributed by atoms with E-state index in [4.69, 9.17) is 4.74 Å². The van der Waals surface area contributed by atoms with Crippen LogP contribution in [0.1, 0.15) is 30.6 Å². The van der Waals surface area contributed by atoms with Crippen LogP contribution in [0.25, 0.3) is 0 Å². The number of rotatable bonds is 3. The molecule has 1 atom stereocenters. The smallest absolute Gasteiger partial charge is 0.342 e. The first-order chi connectivity index (χ1) is 7.69. The second-order valence-electron chi connectivity index (χ2n) is 3.18. The highest BCUT2D eigenvalue weighted by atomic mass is 19.1.